The monoisotopic (exact) mass is 215 g/mol. The Kier molecular flexibility index (Phi) is 3.61. The highest BCUT2D eigenvalue weighted by atomic mass is 35.5. The summed E-state index contributed by atoms with van der Waals surface area (Å²) in [6.45, 7) is 1.01. The Morgan fingerprint density at radius 1 is 1.14 bits per heavy atom. The van der Waals surface area contributed by atoms with Crippen molar-refractivity contribution in [2.45, 2.75) is 18.9 Å². The SMILES string of the molecule is Cl.Oc1cc(O)cc([C@H]2CCCN2)c1. The van der Waals surface area contributed by atoms with E-state index in [4.69, 9.17) is 0 Å². The third kappa shape index (κ3) is 2.30. The molecule has 1 aliphatic rings. The molecule has 1 saturated heterocycles. The van der Waals surface area contributed by atoms with Crippen molar-refractivity contribution in [3.8, 4) is 11.5 Å². The van der Waals surface area contributed by atoms with E-state index < -0.39 is 0 Å². The summed E-state index contributed by atoms with van der Waals surface area (Å²) < 4.78 is 0. The second-order valence-electron chi connectivity index (χ2n) is 3.43. The number of phenolic OH excluding ortho intramolecular Hbond substituents is 2. The lowest BCUT2D eigenvalue weighted by Crippen LogP contribution is -2.12. The van der Waals surface area contributed by atoms with Crippen molar-refractivity contribution in [3.63, 3.8) is 0 Å². The predicted molar refractivity (Wildman–Crippen MR) is 57.0 cm³/mol. The molecule has 2 rings (SSSR count). The van der Waals surface area contributed by atoms with Crippen LogP contribution in [0.1, 0.15) is 24.4 Å². The Morgan fingerprint density at radius 2 is 1.79 bits per heavy atom. The van der Waals surface area contributed by atoms with Gasteiger partial charge in [0.25, 0.3) is 0 Å². The zero-order valence-electron chi connectivity index (χ0n) is 7.73. The van der Waals surface area contributed by atoms with E-state index in [1.54, 1.807) is 12.1 Å². The second kappa shape index (κ2) is 4.53. The minimum Gasteiger partial charge on any atom is -0.508 e. The number of nitrogens with one attached hydrogen (secondary N) is 1. The molecule has 4 heteroatoms. The molecule has 0 saturated carbocycles. The Balaban J connectivity index is 0.000000980. The van der Waals surface area contributed by atoms with E-state index in [0.29, 0.717) is 0 Å². The van der Waals surface area contributed by atoms with Crippen molar-refractivity contribution < 1.29 is 10.2 Å². The molecule has 1 fully saturated rings. The maximum absolute atomic E-state index is 9.27. The van der Waals surface area contributed by atoms with Crippen LogP contribution in [-0.4, -0.2) is 16.8 Å². The van der Waals surface area contributed by atoms with Crippen molar-refractivity contribution in [1.82, 2.24) is 5.32 Å². The molecule has 0 aliphatic carbocycles. The fourth-order valence-corrected chi connectivity index (χ4v) is 1.79. The molecular weight excluding hydrogens is 202 g/mol. The molecule has 1 aromatic rings. The molecule has 1 atom stereocenters. The van der Waals surface area contributed by atoms with Gasteiger partial charge in [0.15, 0.2) is 0 Å². The lowest BCUT2D eigenvalue weighted by atomic mass is 10.0. The maximum atomic E-state index is 9.27. The minimum absolute atomic E-state index is 0. The van der Waals surface area contributed by atoms with Crippen LogP contribution in [-0.2, 0) is 0 Å². The molecule has 14 heavy (non-hydrogen) atoms. The Bertz CT molecular complexity index is 291. The summed E-state index contributed by atoms with van der Waals surface area (Å²) in [7, 11) is 0. The predicted octanol–water partition coefficient (Wildman–Crippen LogP) is 1.94. The zero-order valence-corrected chi connectivity index (χ0v) is 8.55. The molecule has 0 unspecified atom stereocenters. The lowest BCUT2D eigenvalue weighted by Gasteiger charge is -2.10. The fraction of sp³-hybridized carbons (Fsp3) is 0.400. The molecule has 1 heterocycles. The fourth-order valence-electron chi connectivity index (χ4n) is 1.79. The topological polar surface area (TPSA) is 52.5 Å². The van der Waals surface area contributed by atoms with Gasteiger partial charge in [-0.1, -0.05) is 0 Å². The molecule has 0 bridgehead atoms. The highest BCUT2D eigenvalue weighted by Gasteiger charge is 2.16. The van der Waals surface area contributed by atoms with Crippen LogP contribution in [0.4, 0.5) is 0 Å². The van der Waals surface area contributed by atoms with Gasteiger partial charge in [0.1, 0.15) is 11.5 Å². The summed E-state index contributed by atoms with van der Waals surface area (Å²) in [6.07, 6.45) is 2.23. The number of benzene rings is 1. The number of hydrogen-bond donors (Lipinski definition) is 3. The first-order chi connectivity index (χ1) is 6.25. The van der Waals surface area contributed by atoms with Gasteiger partial charge in [-0.25, -0.2) is 0 Å². The van der Waals surface area contributed by atoms with Gasteiger partial charge in [-0.3, -0.25) is 0 Å². The van der Waals surface area contributed by atoms with Crippen molar-refractivity contribution in [2.75, 3.05) is 6.54 Å². The van der Waals surface area contributed by atoms with Crippen molar-refractivity contribution in [1.29, 1.82) is 0 Å². The number of rotatable bonds is 1. The molecule has 0 radical (unpaired) electrons. The van der Waals surface area contributed by atoms with Crippen LogP contribution >= 0.6 is 12.4 Å². The molecule has 0 aromatic heterocycles. The van der Waals surface area contributed by atoms with Gasteiger partial charge in [-0.05, 0) is 37.1 Å². The van der Waals surface area contributed by atoms with Crippen LogP contribution in [0.3, 0.4) is 0 Å². The molecular formula is C10H14ClNO2. The Labute approximate surface area is 89.2 Å². The van der Waals surface area contributed by atoms with Gasteiger partial charge in [0, 0.05) is 12.1 Å². The van der Waals surface area contributed by atoms with E-state index >= 15 is 0 Å². The highest BCUT2D eigenvalue weighted by Crippen LogP contribution is 2.29. The third-order valence-corrected chi connectivity index (χ3v) is 2.39. The summed E-state index contributed by atoms with van der Waals surface area (Å²) in [5, 5.41) is 21.8. The first kappa shape index (κ1) is 11.1. The van der Waals surface area contributed by atoms with Crippen LogP contribution in [0.25, 0.3) is 0 Å². The molecule has 3 nitrogen and oxygen atoms in total. The molecule has 1 aromatic carbocycles. The molecule has 3 N–H and O–H groups in total. The number of halogens is 1. The van der Waals surface area contributed by atoms with E-state index in [0.717, 1.165) is 24.9 Å². The van der Waals surface area contributed by atoms with Gasteiger partial charge in [-0.15, -0.1) is 12.4 Å². The normalized spacial score (nSPS) is 20.4. The van der Waals surface area contributed by atoms with Crippen molar-refractivity contribution in [2.24, 2.45) is 0 Å². The van der Waals surface area contributed by atoms with E-state index in [1.807, 2.05) is 0 Å². The zero-order chi connectivity index (χ0) is 9.26. The quantitative estimate of drug-likeness (QED) is 0.671. The first-order valence-electron chi connectivity index (χ1n) is 4.52. The average molecular weight is 216 g/mol. The van der Waals surface area contributed by atoms with Gasteiger partial charge in [0.05, 0.1) is 0 Å². The number of aromatic hydroxyl groups is 2. The molecule has 1 aliphatic heterocycles. The number of phenols is 2. The maximum Gasteiger partial charge on any atom is 0.119 e. The standard InChI is InChI=1S/C10H13NO2.ClH/c12-8-4-7(5-9(13)6-8)10-2-1-3-11-10;/h4-6,10-13H,1-3H2;1H/t10-;/m1./s1. The van der Waals surface area contributed by atoms with Gasteiger partial charge >= 0.3 is 0 Å². The summed E-state index contributed by atoms with van der Waals surface area (Å²) in [5.41, 5.74) is 0.968. The van der Waals surface area contributed by atoms with Gasteiger partial charge < -0.3 is 15.5 Å². The summed E-state index contributed by atoms with van der Waals surface area (Å²) >= 11 is 0. The average Bonchev–Trinajstić information content (AvgIpc) is 2.53. The Morgan fingerprint density at radius 3 is 2.29 bits per heavy atom. The van der Waals surface area contributed by atoms with E-state index in [9.17, 15) is 10.2 Å². The molecule has 0 spiro atoms. The van der Waals surface area contributed by atoms with E-state index in [2.05, 4.69) is 5.32 Å². The largest absolute Gasteiger partial charge is 0.508 e. The first-order valence-corrected chi connectivity index (χ1v) is 4.52. The van der Waals surface area contributed by atoms with Gasteiger partial charge in [0.2, 0.25) is 0 Å². The van der Waals surface area contributed by atoms with E-state index in [1.165, 1.54) is 6.07 Å². The lowest BCUT2D eigenvalue weighted by molar-refractivity contribution is 0.447. The highest BCUT2D eigenvalue weighted by molar-refractivity contribution is 5.85. The van der Waals surface area contributed by atoms with Gasteiger partial charge in [-0.2, -0.15) is 0 Å². The van der Waals surface area contributed by atoms with Crippen molar-refractivity contribution >= 4 is 12.4 Å². The minimum atomic E-state index is 0. The third-order valence-electron chi connectivity index (χ3n) is 2.39. The summed E-state index contributed by atoms with van der Waals surface area (Å²) in [5.74, 6) is 0.257. The second-order valence-corrected chi connectivity index (χ2v) is 3.43. The van der Waals surface area contributed by atoms with Crippen LogP contribution in [0.2, 0.25) is 0 Å². The van der Waals surface area contributed by atoms with Crippen LogP contribution in [0.5, 0.6) is 11.5 Å². The summed E-state index contributed by atoms with van der Waals surface area (Å²) in [6, 6.07) is 5.03. The number of hydrogen-bond acceptors (Lipinski definition) is 3. The molecule has 0 amide bonds. The summed E-state index contributed by atoms with van der Waals surface area (Å²) in [4.78, 5) is 0. The van der Waals surface area contributed by atoms with Crippen molar-refractivity contribution in [3.05, 3.63) is 23.8 Å². The van der Waals surface area contributed by atoms with Crippen LogP contribution in [0, 0.1) is 0 Å². The van der Waals surface area contributed by atoms with Crippen LogP contribution in [0.15, 0.2) is 18.2 Å². The molecule has 78 valence electrons. The van der Waals surface area contributed by atoms with E-state index in [-0.39, 0.29) is 29.9 Å². The Hall–Kier alpha value is -0.930. The van der Waals surface area contributed by atoms with Crippen LogP contribution < -0.4 is 5.32 Å². The smallest absolute Gasteiger partial charge is 0.119 e.